The zero-order valence-electron chi connectivity index (χ0n) is 11.1. The molecule has 0 heterocycles. The Bertz CT molecular complexity index is 483. The molecule has 1 aromatic carbocycles. The van der Waals surface area contributed by atoms with Gasteiger partial charge in [-0.05, 0) is 23.5 Å². The van der Waals surface area contributed by atoms with E-state index in [1.165, 1.54) is 0 Å². The molecule has 0 aliphatic carbocycles. The largest absolute Gasteiger partial charge is 0.396 e. The highest BCUT2D eigenvalue weighted by molar-refractivity contribution is 7.92. The highest BCUT2D eigenvalue weighted by Crippen LogP contribution is 2.24. The number of anilines is 1. The molecule has 0 radical (unpaired) electrons. The number of hydrogen-bond acceptors (Lipinski definition) is 3. The van der Waals surface area contributed by atoms with Crippen molar-refractivity contribution in [3.63, 3.8) is 0 Å². The third-order valence-electron chi connectivity index (χ3n) is 2.66. The molecule has 0 saturated carbocycles. The molecule has 18 heavy (non-hydrogen) atoms. The molecule has 4 nitrogen and oxygen atoms in total. The molecule has 1 aromatic rings. The van der Waals surface area contributed by atoms with Crippen LogP contribution in [0, 0.1) is 5.92 Å². The van der Waals surface area contributed by atoms with Gasteiger partial charge in [-0.3, -0.25) is 4.72 Å². The maximum Gasteiger partial charge on any atom is 0.233 e. The van der Waals surface area contributed by atoms with Gasteiger partial charge in [0.1, 0.15) is 0 Å². The minimum Gasteiger partial charge on any atom is -0.396 e. The van der Waals surface area contributed by atoms with Crippen molar-refractivity contribution >= 4 is 15.7 Å². The fourth-order valence-corrected chi connectivity index (χ4v) is 3.19. The summed E-state index contributed by atoms with van der Waals surface area (Å²) >= 11 is 0. The van der Waals surface area contributed by atoms with Crippen molar-refractivity contribution in [2.75, 3.05) is 17.1 Å². The van der Waals surface area contributed by atoms with Gasteiger partial charge in [0.25, 0.3) is 0 Å². The van der Waals surface area contributed by atoms with Gasteiger partial charge in [0, 0.05) is 6.61 Å². The zero-order chi connectivity index (χ0) is 13.8. The van der Waals surface area contributed by atoms with Gasteiger partial charge in [-0.1, -0.05) is 39.0 Å². The van der Waals surface area contributed by atoms with Crippen molar-refractivity contribution in [3.8, 4) is 0 Å². The SMILES string of the molecule is CC(CO)CS(=O)(=O)Nc1ccccc1C(C)C. The fourth-order valence-electron chi connectivity index (χ4n) is 1.73. The second-order valence-corrected chi connectivity index (χ2v) is 6.68. The predicted molar refractivity (Wildman–Crippen MR) is 74.2 cm³/mol. The van der Waals surface area contributed by atoms with Gasteiger partial charge >= 0.3 is 0 Å². The Morgan fingerprint density at radius 1 is 1.22 bits per heavy atom. The van der Waals surface area contributed by atoms with Crippen LogP contribution in [0.5, 0.6) is 0 Å². The number of nitrogens with one attached hydrogen (secondary N) is 1. The lowest BCUT2D eigenvalue weighted by molar-refractivity contribution is 0.249. The molecule has 0 fully saturated rings. The summed E-state index contributed by atoms with van der Waals surface area (Å²) in [5.74, 6) is -0.0940. The van der Waals surface area contributed by atoms with Crippen LogP contribution in [0.4, 0.5) is 5.69 Å². The Morgan fingerprint density at radius 3 is 2.39 bits per heavy atom. The number of rotatable bonds is 6. The van der Waals surface area contributed by atoms with Crippen LogP contribution >= 0.6 is 0 Å². The van der Waals surface area contributed by atoms with Crippen molar-refractivity contribution in [1.29, 1.82) is 0 Å². The number of aliphatic hydroxyl groups excluding tert-OH is 1. The Hall–Kier alpha value is -1.07. The smallest absolute Gasteiger partial charge is 0.233 e. The van der Waals surface area contributed by atoms with Crippen LogP contribution in [-0.2, 0) is 10.0 Å². The second kappa shape index (κ2) is 6.20. The van der Waals surface area contributed by atoms with Crippen LogP contribution in [0.3, 0.4) is 0 Å². The van der Waals surface area contributed by atoms with Crippen molar-refractivity contribution in [3.05, 3.63) is 29.8 Å². The third-order valence-corrected chi connectivity index (χ3v) is 4.20. The summed E-state index contributed by atoms with van der Waals surface area (Å²) in [6.45, 7) is 5.60. The molecule has 1 atom stereocenters. The van der Waals surface area contributed by atoms with E-state index in [-0.39, 0.29) is 24.2 Å². The molecule has 1 unspecified atom stereocenters. The maximum atomic E-state index is 11.9. The standard InChI is InChI=1S/C13H21NO3S/c1-10(2)12-6-4-5-7-13(12)14-18(16,17)9-11(3)8-15/h4-7,10-11,14-15H,8-9H2,1-3H3. The van der Waals surface area contributed by atoms with E-state index < -0.39 is 10.0 Å². The quantitative estimate of drug-likeness (QED) is 0.833. The summed E-state index contributed by atoms with van der Waals surface area (Å²) in [6.07, 6.45) is 0. The Balaban J connectivity index is 2.91. The Morgan fingerprint density at radius 2 is 1.83 bits per heavy atom. The van der Waals surface area contributed by atoms with Crippen LogP contribution in [0.15, 0.2) is 24.3 Å². The van der Waals surface area contributed by atoms with Crippen molar-refractivity contribution in [2.24, 2.45) is 5.92 Å². The lowest BCUT2D eigenvalue weighted by Crippen LogP contribution is -2.23. The number of aliphatic hydroxyl groups is 1. The van der Waals surface area contributed by atoms with Crippen LogP contribution in [0.2, 0.25) is 0 Å². The van der Waals surface area contributed by atoms with E-state index in [1.807, 2.05) is 26.0 Å². The highest BCUT2D eigenvalue weighted by atomic mass is 32.2. The molecule has 0 bridgehead atoms. The normalized spacial score (nSPS) is 13.6. The first-order valence-corrected chi connectivity index (χ1v) is 7.71. The second-order valence-electron chi connectivity index (χ2n) is 4.91. The number of hydrogen-bond donors (Lipinski definition) is 2. The zero-order valence-corrected chi connectivity index (χ0v) is 11.9. The molecule has 0 amide bonds. The fraction of sp³-hybridized carbons (Fsp3) is 0.538. The van der Waals surface area contributed by atoms with Gasteiger partial charge in [0.2, 0.25) is 10.0 Å². The van der Waals surface area contributed by atoms with Crippen LogP contribution in [0.1, 0.15) is 32.3 Å². The summed E-state index contributed by atoms with van der Waals surface area (Å²) in [5.41, 5.74) is 1.59. The molecule has 2 N–H and O–H groups in total. The lowest BCUT2D eigenvalue weighted by Gasteiger charge is -2.16. The van der Waals surface area contributed by atoms with E-state index in [0.717, 1.165) is 5.56 Å². The average molecular weight is 271 g/mol. The topological polar surface area (TPSA) is 66.4 Å². The molecule has 1 rings (SSSR count). The number of benzene rings is 1. The minimum atomic E-state index is -3.41. The van der Waals surface area contributed by atoms with Crippen molar-refractivity contribution in [1.82, 2.24) is 0 Å². The summed E-state index contributed by atoms with van der Waals surface area (Å²) in [6, 6.07) is 7.37. The lowest BCUT2D eigenvalue weighted by atomic mass is 10.0. The molecule has 0 aromatic heterocycles. The monoisotopic (exact) mass is 271 g/mol. The number of para-hydroxylation sites is 1. The van der Waals surface area contributed by atoms with E-state index in [2.05, 4.69) is 4.72 Å². The van der Waals surface area contributed by atoms with Gasteiger partial charge in [-0.2, -0.15) is 0 Å². The average Bonchev–Trinajstić information content (AvgIpc) is 2.28. The third kappa shape index (κ3) is 4.31. The molecular formula is C13H21NO3S. The Kier molecular flexibility index (Phi) is 5.16. The molecule has 102 valence electrons. The van der Waals surface area contributed by atoms with Gasteiger partial charge in [-0.15, -0.1) is 0 Å². The molecule has 5 heteroatoms. The van der Waals surface area contributed by atoms with E-state index >= 15 is 0 Å². The van der Waals surface area contributed by atoms with Crippen LogP contribution in [0.25, 0.3) is 0 Å². The molecule has 0 aliphatic rings. The summed E-state index contributed by atoms with van der Waals surface area (Å²) < 4.78 is 26.4. The van der Waals surface area contributed by atoms with Crippen LogP contribution in [-0.4, -0.2) is 25.9 Å². The van der Waals surface area contributed by atoms with Crippen LogP contribution < -0.4 is 4.72 Å². The van der Waals surface area contributed by atoms with E-state index in [4.69, 9.17) is 5.11 Å². The van der Waals surface area contributed by atoms with E-state index in [1.54, 1.807) is 19.1 Å². The first-order valence-electron chi connectivity index (χ1n) is 6.06. The van der Waals surface area contributed by atoms with Crippen molar-refractivity contribution < 1.29 is 13.5 Å². The summed E-state index contributed by atoms with van der Waals surface area (Å²) in [7, 11) is -3.41. The summed E-state index contributed by atoms with van der Waals surface area (Å²) in [5, 5.41) is 8.91. The van der Waals surface area contributed by atoms with Gasteiger partial charge in [0.15, 0.2) is 0 Å². The Labute approximate surface area is 109 Å². The first kappa shape index (κ1) is 15.0. The molecule has 0 aliphatic heterocycles. The van der Waals surface area contributed by atoms with Gasteiger partial charge in [-0.25, -0.2) is 8.42 Å². The first-order chi connectivity index (χ1) is 8.35. The van der Waals surface area contributed by atoms with E-state index in [0.29, 0.717) is 5.69 Å². The van der Waals surface area contributed by atoms with Crippen molar-refractivity contribution in [2.45, 2.75) is 26.7 Å². The van der Waals surface area contributed by atoms with Gasteiger partial charge in [0.05, 0.1) is 11.4 Å². The summed E-state index contributed by atoms with van der Waals surface area (Å²) in [4.78, 5) is 0. The van der Waals surface area contributed by atoms with Gasteiger partial charge < -0.3 is 5.11 Å². The predicted octanol–water partition coefficient (Wildman–Crippen LogP) is 2.18. The number of sulfonamides is 1. The molecular weight excluding hydrogens is 250 g/mol. The molecule has 0 spiro atoms. The molecule has 0 saturated heterocycles. The maximum absolute atomic E-state index is 11.9. The highest BCUT2D eigenvalue weighted by Gasteiger charge is 2.17. The van der Waals surface area contributed by atoms with E-state index in [9.17, 15) is 8.42 Å². The minimum absolute atomic E-state index is 0.0735.